The number of nitrogens with zero attached hydrogens (tertiary/aromatic N) is 8. The molecule has 0 amide bonds. The molecule has 0 saturated carbocycles. The van der Waals surface area contributed by atoms with Crippen molar-refractivity contribution in [2.75, 3.05) is 6.67 Å². The summed E-state index contributed by atoms with van der Waals surface area (Å²) in [6, 6.07) is 19.1. The maximum atomic E-state index is 13.0. The van der Waals surface area contributed by atoms with Crippen molar-refractivity contribution >= 4 is 0 Å². The van der Waals surface area contributed by atoms with E-state index < -0.39 is 23.9 Å². The van der Waals surface area contributed by atoms with Crippen LogP contribution in [0.1, 0.15) is 279 Å². The van der Waals surface area contributed by atoms with Crippen LogP contribution in [0, 0.1) is 46.9 Å². The quantitative estimate of drug-likeness (QED) is 0.0910. The Balaban J connectivity index is -0.000000105. The minimum atomic E-state index is -0.669. The van der Waals surface area contributed by atoms with Crippen LogP contribution in [0.3, 0.4) is 0 Å². The van der Waals surface area contributed by atoms with Gasteiger partial charge in [0, 0.05) is 82.9 Å². The van der Waals surface area contributed by atoms with E-state index in [1.54, 1.807) is 36.7 Å². The zero-order valence-electron chi connectivity index (χ0n) is 54.6. The maximum absolute atomic E-state index is 13.0. The first-order chi connectivity index (χ1) is 38.1. The lowest BCUT2D eigenvalue weighted by Gasteiger charge is -2.18. The van der Waals surface area contributed by atoms with Crippen LogP contribution in [-0.4, -0.2) is 46.5 Å². The molecule has 0 unspecified atom stereocenters. The van der Waals surface area contributed by atoms with Gasteiger partial charge < -0.3 is 0 Å². The van der Waals surface area contributed by atoms with Crippen molar-refractivity contribution in [1.82, 2.24) is 39.9 Å². The highest BCUT2D eigenvalue weighted by atomic mass is 18.2. The third kappa shape index (κ3) is 47.9. The van der Waals surface area contributed by atoms with Crippen LogP contribution in [0.2, 0.25) is 0 Å². The van der Waals surface area contributed by atoms with Gasteiger partial charge in [-0.3, -0.25) is 14.4 Å². The second-order valence-corrected chi connectivity index (χ2v) is 28.1. The summed E-state index contributed by atoms with van der Waals surface area (Å²) < 4.78 is 100.0. The van der Waals surface area contributed by atoms with Crippen LogP contribution in [0.5, 0.6) is 0 Å². The fraction of sp³-hybridized carbons (Fsp3) is 0.558. The molecule has 0 saturated heterocycles. The number of rotatable bonds is 1. The molecule has 7 aromatic rings. The third-order valence-corrected chi connectivity index (χ3v) is 11.6. The minimum Gasteiger partial charge on any atom is -0.264 e. The van der Waals surface area contributed by atoms with Crippen molar-refractivity contribution in [2.24, 2.45) is 5.41 Å². The molecule has 0 atom stereocenters. The molecule has 93 heavy (non-hydrogen) atoms. The molecule has 7 heterocycles. The Hall–Kier alpha value is -6.58. The van der Waals surface area contributed by atoms with Gasteiger partial charge in [0.05, 0.1) is 6.67 Å². The van der Waals surface area contributed by atoms with Crippen molar-refractivity contribution in [3.8, 4) is 0 Å². The zero-order chi connectivity index (χ0) is 65.3. The first kappa shape index (κ1) is 108. The molecular formula is C77H132F8N8. The van der Waals surface area contributed by atoms with Gasteiger partial charge in [-0.15, -0.1) is 0 Å². The van der Waals surface area contributed by atoms with Gasteiger partial charge in [-0.05, 0) is 110 Å². The molecule has 0 aliphatic carbocycles. The number of pyridine rings is 6. The minimum absolute atomic E-state index is 0. The molecule has 0 radical (unpaired) electrons. The van der Waals surface area contributed by atoms with E-state index in [9.17, 15) is 35.1 Å². The van der Waals surface area contributed by atoms with Crippen LogP contribution in [0.25, 0.3) is 0 Å². The van der Waals surface area contributed by atoms with Gasteiger partial charge in [-0.1, -0.05) is 251 Å². The van der Waals surface area contributed by atoms with E-state index in [0.717, 1.165) is 28.1 Å². The van der Waals surface area contributed by atoms with Gasteiger partial charge in [0.25, 0.3) is 0 Å². The van der Waals surface area contributed by atoms with E-state index in [1.807, 2.05) is 158 Å². The van der Waals surface area contributed by atoms with E-state index in [4.69, 9.17) is 0 Å². The van der Waals surface area contributed by atoms with Crippen LogP contribution in [0.15, 0.2) is 122 Å². The lowest BCUT2D eigenvalue weighted by molar-refractivity contribution is 0.316. The maximum Gasteiger partial charge on any atom is 0.308 e. The molecule has 0 aliphatic rings. The standard InChI is InChI=1S/6C9H12FN.C8H11FN2.C6H13F.9CH4/c1-9(2,3)7-6-11-5-4-8(7)10;1-9(2,3)8-6-7(10)4-5-11-8;1-9(2,3)7-4-5-11-8(10)6-7;1-9(2,3)7-4-5-8(10)11-6-7;1-9(2,3)7-5-4-6-11-8(7)10;1-9(2,3)7-5-4-6-8(10)11-7;1-8(2,3)6-4-10-7(9)11-5-6;1-6(2,3)4-5-7;;;;;;;;;/h6*4-6H,1-3H3;4-5H,1-3H3;4-5H2,1-3H3;9*1H4/i6*10-1;9-1;7-1;;;;;;;;;. The van der Waals surface area contributed by atoms with Gasteiger partial charge >= 0.3 is 6.08 Å². The summed E-state index contributed by atoms with van der Waals surface area (Å²) in [6.07, 6.45) is 12.1. The molecular weight excluding hydrogens is 1180 g/mol. The number of aromatic nitrogens is 8. The molecule has 0 bridgehead atoms. The van der Waals surface area contributed by atoms with Crippen molar-refractivity contribution in [2.45, 2.75) is 277 Å². The van der Waals surface area contributed by atoms with E-state index in [0.29, 0.717) is 17.5 Å². The smallest absolute Gasteiger partial charge is 0.264 e. The van der Waals surface area contributed by atoms with Crippen molar-refractivity contribution in [1.29, 1.82) is 0 Å². The monoisotopic (exact) mass is 1310 g/mol. The topological polar surface area (TPSA) is 103 Å². The molecule has 0 fully saturated rings. The largest absolute Gasteiger partial charge is 0.308 e. The molecule has 0 spiro atoms. The number of hydrogen-bond acceptors (Lipinski definition) is 8. The molecule has 16 heteroatoms. The summed E-state index contributed by atoms with van der Waals surface area (Å²) in [5.74, 6) is -1.98. The Morgan fingerprint density at radius 2 is 0.806 bits per heavy atom. The molecule has 536 valence electrons. The Kier molecular flexibility index (Phi) is 54.9. The number of halogens is 8. The van der Waals surface area contributed by atoms with E-state index >= 15 is 0 Å². The summed E-state index contributed by atoms with van der Waals surface area (Å²) in [5, 5.41) is 0. The normalized spacial score (nSPS) is 10.5. The Labute approximate surface area is 565 Å². The fourth-order valence-electron chi connectivity index (χ4n) is 6.19. The first-order valence-corrected chi connectivity index (χ1v) is 27.8. The lowest BCUT2D eigenvalue weighted by Crippen LogP contribution is -2.14. The lowest BCUT2D eigenvalue weighted by atomic mass is 9.88. The Morgan fingerprint density at radius 1 is 0.333 bits per heavy atom. The molecule has 0 N–H and O–H groups in total. The van der Waals surface area contributed by atoms with Gasteiger partial charge in [-0.2, -0.15) is 22.0 Å². The first-order valence-electron chi connectivity index (χ1n) is 27.8. The molecule has 0 aliphatic heterocycles. The summed E-state index contributed by atoms with van der Waals surface area (Å²) >= 11 is 0. The van der Waals surface area contributed by atoms with Crippen molar-refractivity contribution < 1.29 is 35.1 Å². The second-order valence-electron chi connectivity index (χ2n) is 28.1. The van der Waals surface area contributed by atoms with E-state index in [-0.39, 0.29) is 134 Å². The molecule has 7 rings (SSSR count). The van der Waals surface area contributed by atoms with Crippen LogP contribution >= 0.6 is 0 Å². The highest BCUT2D eigenvalue weighted by molar-refractivity contribution is 5.23. The van der Waals surface area contributed by atoms with Crippen molar-refractivity contribution in [3.05, 3.63) is 203 Å². The van der Waals surface area contributed by atoms with Crippen LogP contribution in [0.4, 0.5) is 35.1 Å². The summed E-state index contributed by atoms with van der Waals surface area (Å²) in [5.41, 5.74) is 5.67. The molecule has 0 aromatic carbocycles. The average molecular weight is 1310 g/mol. The van der Waals surface area contributed by atoms with Crippen LogP contribution < -0.4 is 0 Å². The SMILES string of the molecule is C.C.C.C.C.C.C.C.C.CC(C)(C)CC[18F].CC(C)(C)c1cc([18F])ccn1.CC(C)(C)c1ccc([18F])nc1.CC(C)(C)c1cccc([18F])n1.CC(C)(C)c1cccnc1[18F].CC(C)(C)c1ccnc([18F])c1.CC(C)(C)c1cnc([18F])nc1.CC(C)(C)c1cnccc1[18F]. The third-order valence-electron chi connectivity index (χ3n) is 11.6. The predicted molar refractivity (Wildman–Crippen MR) is 389 cm³/mol. The van der Waals surface area contributed by atoms with Crippen molar-refractivity contribution in [3.63, 3.8) is 0 Å². The highest BCUT2D eigenvalue weighted by Gasteiger charge is 2.21. The predicted octanol–water partition coefficient (Wildman–Crippen LogP) is 25.1. The average Bonchev–Trinajstić information content (AvgIpc) is 1.22. The zero-order valence-corrected chi connectivity index (χ0v) is 54.6. The molecule has 7 aromatic heterocycles. The van der Waals surface area contributed by atoms with Crippen LogP contribution in [-0.2, 0) is 37.9 Å². The van der Waals surface area contributed by atoms with Gasteiger partial charge in [0.2, 0.25) is 23.8 Å². The van der Waals surface area contributed by atoms with Gasteiger partial charge in [0.15, 0.2) is 0 Å². The second kappa shape index (κ2) is 47.3. The summed E-state index contributed by atoms with van der Waals surface area (Å²) in [4.78, 5) is 29.3. The van der Waals surface area contributed by atoms with E-state index in [2.05, 4.69) is 60.6 Å². The summed E-state index contributed by atoms with van der Waals surface area (Å²) in [7, 11) is 0. The van der Waals surface area contributed by atoms with E-state index in [1.165, 1.54) is 73.6 Å². The van der Waals surface area contributed by atoms with Gasteiger partial charge in [-0.25, -0.2) is 38.7 Å². The number of hydrogen-bond donors (Lipinski definition) is 0. The summed E-state index contributed by atoms with van der Waals surface area (Å²) in [6.45, 7) is 48.2. The Morgan fingerprint density at radius 3 is 1.11 bits per heavy atom. The number of alkyl halides is 1. The fourth-order valence-corrected chi connectivity index (χ4v) is 6.19. The Bertz CT molecular complexity index is 2710. The molecule has 8 nitrogen and oxygen atoms in total. The van der Waals surface area contributed by atoms with Gasteiger partial charge in [0.1, 0.15) is 11.6 Å². The highest BCUT2D eigenvalue weighted by Crippen LogP contribution is 2.26.